The Morgan fingerprint density at radius 2 is 1.50 bits per heavy atom. The molecule has 0 aliphatic carbocycles. The van der Waals surface area contributed by atoms with Crippen molar-refractivity contribution in [1.82, 2.24) is 0 Å². The van der Waals surface area contributed by atoms with E-state index in [-0.39, 0.29) is 5.92 Å². The number of hydrogen-bond acceptors (Lipinski definition) is 2. The van der Waals surface area contributed by atoms with Crippen molar-refractivity contribution in [3.63, 3.8) is 0 Å². The normalized spacial score (nSPS) is 14.4. The van der Waals surface area contributed by atoms with Crippen molar-refractivity contribution in [2.75, 3.05) is 0 Å². The van der Waals surface area contributed by atoms with Crippen LogP contribution in [0, 0.1) is 5.92 Å². The number of unbranched alkanes of at least 4 members (excludes halogenated alkanes) is 5. The fraction of sp³-hybridized carbons (Fsp3) is 1.00. The van der Waals surface area contributed by atoms with Gasteiger partial charge in [0.05, 0.1) is 0 Å². The molecule has 0 fully saturated rings. The second-order valence-corrected chi connectivity index (χ2v) is 4.55. The molecule has 0 heterocycles. The zero-order valence-corrected chi connectivity index (χ0v) is 9.92. The van der Waals surface area contributed by atoms with Gasteiger partial charge in [0, 0.05) is 5.92 Å². The minimum absolute atomic E-state index is 0.0197. The molecule has 0 spiro atoms. The first kappa shape index (κ1) is 13.9. The lowest BCUT2D eigenvalue weighted by atomic mass is 9.95. The van der Waals surface area contributed by atoms with Crippen LogP contribution < -0.4 is 0 Å². The van der Waals surface area contributed by atoms with Gasteiger partial charge < -0.3 is 10.2 Å². The maximum absolute atomic E-state index is 9.28. The van der Waals surface area contributed by atoms with Crippen LogP contribution in [0.4, 0.5) is 0 Å². The van der Waals surface area contributed by atoms with Crippen LogP contribution >= 0.6 is 0 Å². The summed E-state index contributed by atoms with van der Waals surface area (Å²) in [6.07, 6.45) is 8.46. The van der Waals surface area contributed by atoms with Gasteiger partial charge in [0.15, 0.2) is 5.79 Å². The molecule has 2 nitrogen and oxygen atoms in total. The molecule has 86 valence electrons. The molecule has 0 aromatic carbocycles. The van der Waals surface area contributed by atoms with E-state index in [9.17, 15) is 10.2 Å². The third-order valence-corrected chi connectivity index (χ3v) is 2.92. The zero-order valence-electron chi connectivity index (χ0n) is 9.92. The minimum Gasteiger partial charge on any atom is -0.366 e. The Morgan fingerprint density at radius 1 is 1.00 bits per heavy atom. The molecule has 0 rings (SSSR count). The molecule has 0 radical (unpaired) electrons. The van der Waals surface area contributed by atoms with Gasteiger partial charge in [-0.2, -0.15) is 0 Å². The third kappa shape index (κ3) is 7.34. The van der Waals surface area contributed by atoms with Crippen molar-refractivity contribution in [2.24, 2.45) is 5.92 Å². The van der Waals surface area contributed by atoms with Gasteiger partial charge >= 0.3 is 0 Å². The summed E-state index contributed by atoms with van der Waals surface area (Å²) < 4.78 is 0. The lowest BCUT2D eigenvalue weighted by Crippen LogP contribution is -2.31. The second kappa shape index (κ2) is 7.24. The summed E-state index contributed by atoms with van der Waals surface area (Å²) in [5, 5.41) is 18.6. The second-order valence-electron chi connectivity index (χ2n) is 4.55. The van der Waals surface area contributed by atoms with Gasteiger partial charge in [-0.15, -0.1) is 0 Å². The molecule has 0 aliphatic heterocycles. The van der Waals surface area contributed by atoms with Crippen LogP contribution in [0.3, 0.4) is 0 Å². The van der Waals surface area contributed by atoms with E-state index in [1.165, 1.54) is 39.0 Å². The number of hydrogen-bond donors (Lipinski definition) is 2. The molecule has 1 atom stereocenters. The van der Waals surface area contributed by atoms with Gasteiger partial charge in [-0.25, -0.2) is 0 Å². The Labute approximate surface area is 88.3 Å². The first-order valence-corrected chi connectivity index (χ1v) is 5.93. The number of aliphatic hydroxyl groups is 2. The zero-order chi connectivity index (χ0) is 11.0. The standard InChI is InChI=1S/C12H26O2/c1-4-5-6-7-8-9-10-11(2)12(3,13)14/h11,13-14H,4-10H2,1-3H3. The predicted molar refractivity (Wildman–Crippen MR) is 60.0 cm³/mol. The Balaban J connectivity index is 3.28. The van der Waals surface area contributed by atoms with Gasteiger partial charge in [0.25, 0.3) is 0 Å². The highest BCUT2D eigenvalue weighted by molar-refractivity contribution is 4.66. The fourth-order valence-electron chi connectivity index (χ4n) is 1.50. The van der Waals surface area contributed by atoms with Gasteiger partial charge in [-0.1, -0.05) is 52.4 Å². The van der Waals surface area contributed by atoms with Gasteiger partial charge in [-0.3, -0.25) is 0 Å². The van der Waals surface area contributed by atoms with E-state index >= 15 is 0 Å². The molecule has 0 saturated heterocycles. The lowest BCUT2D eigenvalue weighted by molar-refractivity contribution is -0.182. The van der Waals surface area contributed by atoms with Crippen LogP contribution in [0.15, 0.2) is 0 Å². The quantitative estimate of drug-likeness (QED) is 0.469. The molecule has 1 unspecified atom stereocenters. The first-order valence-electron chi connectivity index (χ1n) is 5.93. The monoisotopic (exact) mass is 202 g/mol. The van der Waals surface area contributed by atoms with E-state index in [2.05, 4.69) is 6.92 Å². The Kier molecular flexibility index (Phi) is 7.20. The van der Waals surface area contributed by atoms with Crippen LogP contribution in [-0.2, 0) is 0 Å². The lowest BCUT2D eigenvalue weighted by Gasteiger charge is -2.24. The molecule has 14 heavy (non-hydrogen) atoms. The number of rotatable bonds is 8. The van der Waals surface area contributed by atoms with Crippen molar-refractivity contribution in [1.29, 1.82) is 0 Å². The SMILES string of the molecule is CCCCCCCCC(C)C(C)(O)O. The highest BCUT2D eigenvalue weighted by atomic mass is 16.5. The minimum atomic E-state index is -1.50. The molecule has 0 aromatic rings. The summed E-state index contributed by atoms with van der Waals surface area (Å²) in [5.74, 6) is -1.52. The van der Waals surface area contributed by atoms with Crippen LogP contribution in [0.25, 0.3) is 0 Å². The fourth-order valence-corrected chi connectivity index (χ4v) is 1.50. The molecule has 2 N–H and O–H groups in total. The molecule has 0 amide bonds. The molecular formula is C12H26O2. The molecule has 0 aliphatic rings. The van der Waals surface area contributed by atoms with Crippen LogP contribution in [-0.4, -0.2) is 16.0 Å². The average molecular weight is 202 g/mol. The van der Waals surface area contributed by atoms with E-state index in [0.717, 1.165) is 12.8 Å². The predicted octanol–water partition coefficient (Wildman–Crippen LogP) is 3.07. The Morgan fingerprint density at radius 3 is 2.00 bits per heavy atom. The highest BCUT2D eigenvalue weighted by Gasteiger charge is 2.23. The summed E-state index contributed by atoms with van der Waals surface area (Å²) in [5.41, 5.74) is 0. The summed E-state index contributed by atoms with van der Waals surface area (Å²) in [4.78, 5) is 0. The maximum Gasteiger partial charge on any atom is 0.162 e. The van der Waals surface area contributed by atoms with Crippen molar-refractivity contribution >= 4 is 0 Å². The average Bonchev–Trinajstić information content (AvgIpc) is 2.09. The Hall–Kier alpha value is -0.0800. The van der Waals surface area contributed by atoms with Crippen molar-refractivity contribution < 1.29 is 10.2 Å². The van der Waals surface area contributed by atoms with E-state index in [4.69, 9.17) is 0 Å². The van der Waals surface area contributed by atoms with Crippen molar-refractivity contribution in [3.05, 3.63) is 0 Å². The summed E-state index contributed by atoms with van der Waals surface area (Å²) in [7, 11) is 0. The summed E-state index contributed by atoms with van der Waals surface area (Å²) >= 11 is 0. The van der Waals surface area contributed by atoms with E-state index in [0.29, 0.717) is 0 Å². The van der Waals surface area contributed by atoms with Crippen LogP contribution in [0.2, 0.25) is 0 Å². The van der Waals surface area contributed by atoms with Crippen LogP contribution in [0.5, 0.6) is 0 Å². The smallest absolute Gasteiger partial charge is 0.162 e. The first-order chi connectivity index (χ1) is 6.48. The highest BCUT2D eigenvalue weighted by Crippen LogP contribution is 2.20. The topological polar surface area (TPSA) is 40.5 Å². The molecular weight excluding hydrogens is 176 g/mol. The van der Waals surface area contributed by atoms with Crippen molar-refractivity contribution in [3.8, 4) is 0 Å². The molecule has 0 aromatic heterocycles. The van der Waals surface area contributed by atoms with E-state index < -0.39 is 5.79 Å². The molecule has 0 saturated carbocycles. The van der Waals surface area contributed by atoms with Crippen molar-refractivity contribution in [2.45, 2.75) is 71.5 Å². The van der Waals surface area contributed by atoms with Gasteiger partial charge in [0.1, 0.15) is 0 Å². The summed E-state index contributed by atoms with van der Waals surface area (Å²) in [6, 6.07) is 0. The van der Waals surface area contributed by atoms with E-state index in [1.54, 1.807) is 0 Å². The molecule has 0 bridgehead atoms. The van der Waals surface area contributed by atoms with E-state index in [1.807, 2.05) is 6.92 Å². The van der Waals surface area contributed by atoms with Gasteiger partial charge in [-0.05, 0) is 13.3 Å². The summed E-state index contributed by atoms with van der Waals surface area (Å²) in [6.45, 7) is 5.58. The largest absolute Gasteiger partial charge is 0.366 e. The van der Waals surface area contributed by atoms with Gasteiger partial charge in [0.2, 0.25) is 0 Å². The maximum atomic E-state index is 9.28. The Bertz CT molecular complexity index is 127. The molecule has 2 heteroatoms. The van der Waals surface area contributed by atoms with Crippen LogP contribution in [0.1, 0.15) is 65.7 Å². The third-order valence-electron chi connectivity index (χ3n) is 2.92.